The molecule has 4 aromatic rings. The van der Waals surface area contributed by atoms with Crippen molar-refractivity contribution in [3.05, 3.63) is 102 Å². The number of aryl methyl sites for hydroxylation is 1. The summed E-state index contributed by atoms with van der Waals surface area (Å²) in [5, 5.41) is 2.97. The summed E-state index contributed by atoms with van der Waals surface area (Å²) in [6.07, 6.45) is 6.18. The molecule has 0 saturated heterocycles. The smallest absolute Gasteiger partial charge is 0.220 e. The average Bonchev–Trinajstić information content (AvgIpc) is 3.44. The topological polar surface area (TPSA) is 60.1 Å². The molecule has 0 atom stereocenters. The van der Waals surface area contributed by atoms with Gasteiger partial charge >= 0.3 is 0 Å². The number of benzene rings is 2. The lowest BCUT2D eigenvalue weighted by molar-refractivity contribution is -0.121. The molecule has 0 aliphatic heterocycles. The van der Waals surface area contributed by atoms with Gasteiger partial charge in [-0.25, -0.2) is 9.37 Å². The van der Waals surface area contributed by atoms with Crippen molar-refractivity contribution in [3.8, 4) is 11.3 Å². The van der Waals surface area contributed by atoms with Crippen LogP contribution in [0.5, 0.6) is 0 Å². The summed E-state index contributed by atoms with van der Waals surface area (Å²) >= 11 is 0. The van der Waals surface area contributed by atoms with Crippen LogP contribution in [-0.2, 0) is 24.3 Å². The molecular weight excluding hydrogens is 381 g/mol. The lowest BCUT2D eigenvalue weighted by Crippen LogP contribution is -2.23. The third-order valence-electron chi connectivity index (χ3n) is 4.91. The van der Waals surface area contributed by atoms with Gasteiger partial charge in [-0.05, 0) is 35.4 Å². The number of nitrogens with one attached hydrogen (secondary N) is 1. The molecule has 2 aromatic heterocycles. The van der Waals surface area contributed by atoms with Crippen LogP contribution in [0.15, 0.2) is 83.8 Å². The zero-order chi connectivity index (χ0) is 20.8. The van der Waals surface area contributed by atoms with E-state index in [-0.39, 0.29) is 11.7 Å². The Morgan fingerprint density at radius 1 is 1.03 bits per heavy atom. The minimum absolute atomic E-state index is 0.0590. The van der Waals surface area contributed by atoms with Gasteiger partial charge in [0.2, 0.25) is 5.91 Å². The van der Waals surface area contributed by atoms with Gasteiger partial charge in [-0.3, -0.25) is 4.79 Å². The second kappa shape index (κ2) is 9.22. The first-order valence-corrected chi connectivity index (χ1v) is 9.82. The molecule has 1 N–H and O–H groups in total. The van der Waals surface area contributed by atoms with Gasteiger partial charge in [-0.1, -0.05) is 36.4 Å². The predicted molar refractivity (Wildman–Crippen MR) is 112 cm³/mol. The van der Waals surface area contributed by atoms with Crippen molar-refractivity contribution in [2.75, 3.05) is 0 Å². The second-order valence-corrected chi connectivity index (χ2v) is 7.03. The van der Waals surface area contributed by atoms with E-state index in [1.165, 1.54) is 6.07 Å². The molecule has 0 aliphatic rings. The molecule has 0 bridgehead atoms. The van der Waals surface area contributed by atoms with Crippen molar-refractivity contribution in [3.63, 3.8) is 0 Å². The molecule has 152 valence electrons. The largest absolute Gasteiger partial charge is 0.461 e. The molecular formula is C24H22FN3O2. The predicted octanol–water partition coefficient (Wildman–Crippen LogP) is 4.58. The van der Waals surface area contributed by atoms with Gasteiger partial charge in [-0.2, -0.15) is 0 Å². The van der Waals surface area contributed by atoms with Crippen molar-refractivity contribution in [1.82, 2.24) is 14.9 Å². The highest BCUT2D eigenvalue weighted by molar-refractivity contribution is 5.76. The quantitative estimate of drug-likeness (QED) is 0.468. The van der Waals surface area contributed by atoms with Crippen LogP contribution in [0.25, 0.3) is 11.3 Å². The molecule has 0 spiro atoms. The van der Waals surface area contributed by atoms with Crippen LogP contribution in [0, 0.1) is 5.82 Å². The number of nitrogens with zero attached hydrogens (tertiary/aromatic N) is 2. The monoisotopic (exact) mass is 403 g/mol. The zero-order valence-electron chi connectivity index (χ0n) is 16.4. The van der Waals surface area contributed by atoms with Crippen molar-refractivity contribution in [2.24, 2.45) is 0 Å². The Morgan fingerprint density at radius 2 is 1.83 bits per heavy atom. The maximum Gasteiger partial charge on any atom is 0.220 e. The molecule has 2 heterocycles. The highest BCUT2D eigenvalue weighted by Crippen LogP contribution is 2.25. The van der Waals surface area contributed by atoms with E-state index < -0.39 is 0 Å². The maximum absolute atomic E-state index is 13.9. The number of amides is 1. The van der Waals surface area contributed by atoms with E-state index >= 15 is 0 Å². The summed E-state index contributed by atoms with van der Waals surface area (Å²) in [4.78, 5) is 16.4. The van der Waals surface area contributed by atoms with Gasteiger partial charge in [0, 0.05) is 38.3 Å². The fourth-order valence-electron chi connectivity index (χ4n) is 3.30. The average molecular weight is 403 g/mol. The number of hydrogen-bond acceptors (Lipinski definition) is 3. The Balaban J connectivity index is 1.31. The Hall–Kier alpha value is -3.67. The second-order valence-electron chi connectivity index (χ2n) is 7.03. The van der Waals surface area contributed by atoms with Gasteiger partial charge in [0.15, 0.2) is 0 Å². The summed E-state index contributed by atoms with van der Waals surface area (Å²) in [7, 11) is 0. The first-order chi connectivity index (χ1) is 14.7. The summed E-state index contributed by atoms with van der Waals surface area (Å²) in [6.45, 7) is 1.17. The Morgan fingerprint density at radius 3 is 2.63 bits per heavy atom. The molecule has 2 aromatic carbocycles. The van der Waals surface area contributed by atoms with Crippen LogP contribution >= 0.6 is 0 Å². The highest BCUT2D eigenvalue weighted by atomic mass is 19.1. The van der Waals surface area contributed by atoms with Crippen LogP contribution in [0.4, 0.5) is 4.39 Å². The molecule has 0 fully saturated rings. The zero-order valence-corrected chi connectivity index (χ0v) is 16.4. The third kappa shape index (κ3) is 4.84. The summed E-state index contributed by atoms with van der Waals surface area (Å²) in [5.41, 5.74) is 2.62. The number of aromatic nitrogens is 2. The highest BCUT2D eigenvalue weighted by Gasteiger charge is 2.11. The first-order valence-electron chi connectivity index (χ1n) is 9.82. The van der Waals surface area contributed by atoms with E-state index in [0.29, 0.717) is 43.0 Å². The number of hydrogen-bond donors (Lipinski definition) is 1. The van der Waals surface area contributed by atoms with E-state index in [9.17, 15) is 9.18 Å². The molecule has 0 aliphatic carbocycles. The standard InChI is InChI=1S/C24H22FN3O2/c25-22-8-4-3-7-21(22)23-11-9-20(30-23)10-12-24(29)27-15-18-5-1-2-6-19(18)16-28-14-13-26-17-28/h1-9,11,13-14,17H,10,12,15-16H2,(H,27,29). The van der Waals surface area contributed by atoms with Gasteiger partial charge in [0.25, 0.3) is 0 Å². The number of carbonyl (C=O) groups is 1. The van der Waals surface area contributed by atoms with E-state index in [1.54, 1.807) is 42.9 Å². The van der Waals surface area contributed by atoms with Gasteiger partial charge in [0.05, 0.1) is 11.9 Å². The van der Waals surface area contributed by atoms with E-state index in [4.69, 9.17) is 4.42 Å². The number of halogens is 1. The Labute approximate surface area is 174 Å². The Kier molecular flexibility index (Phi) is 6.03. The van der Waals surface area contributed by atoms with E-state index in [2.05, 4.69) is 16.4 Å². The van der Waals surface area contributed by atoms with Gasteiger partial charge in [0.1, 0.15) is 17.3 Å². The lowest BCUT2D eigenvalue weighted by atomic mass is 10.1. The number of rotatable bonds is 8. The molecule has 5 nitrogen and oxygen atoms in total. The number of furan rings is 1. The first kappa shape index (κ1) is 19.6. The summed E-state index contributed by atoms with van der Waals surface area (Å²) in [6, 6.07) is 18.0. The van der Waals surface area contributed by atoms with E-state index in [0.717, 1.165) is 11.1 Å². The van der Waals surface area contributed by atoms with Crippen molar-refractivity contribution in [1.29, 1.82) is 0 Å². The molecule has 30 heavy (non-hydrogen) atoms. The number of imidazole rings is 1. The van der Waals surface area contributed by atoms with Gasteiger partial charge in [-0.15, -0.1) is 0 Å². The van der Waals surface area contributed by atoms with Crippen LogP contribution < -0.4 is 5.32 Å². The molecule has 0 radical (unpaired) electrons. The van der Waals surface area contributed by atoms with Crippen LogP contribution in [0.2, 0.25) is 0 Å². The lowest BCUT2D eigenvalue weighted by Gasteiger charge is -2.11. The fraction of sp³-hybridized carbons (Fsp3) is 0.167. The molecule has 0 saturated carbocycles. The minimum atomic E-state index is -0.328. The molecule has 0 unspecified atom stereocenters. The van der Waals surface area contributed by atoms with Crippen LogP contribution in [-0.4, -0.2) is 15.5 Å². The van der Waals surface area contributed by atoms with Crippen LogP contribution in [0.3, 0.4) is 0 Å². The minimum Gasteiger partial charge on any atom is -0.461 e. The van der Waals surface area contributed by atoms with Gasteiger partial charge < -0.3 is 14.3 Å². The third-order valence-corrected chi connectivity index (χ3v) is 4.91. The molecule has 6 heteroatoms. The van der Waals surface area contributed by atoms with E-state index in [1.807, 2.05) is 29.0 Å². The van der Waals surface area contributed by atoms with Crippen molar-refractivity contribution < 1.29 is 13.6 Å². The number of carbonyl (C=O) groups excluding carboxylic acids is 1. The summed E-state index contributed by atoms with van der Waals surface area (Å²) in [5.74, 6) is 0.739. The van der Waals surface area contributed by atoms with Crippen molar-refractivity contribution in [2.45, 2.75) is 25.9 Å². The molecule has 4 rings (SSSR count). The van der Waals surface area contributed by atoms with Crippen molar-refractivity contribution >= 4 is 5.91 Å². The Bertz CT molecular complexity index is 1120. The fourth-order valence-corrected chi connectivity index (χ4v) is 3.30. The van der Waals surface area contributed by atoms with Crippen LogP contribution in [0.1, 0.15) is 23.3 Å². The molecule has 1 amide bonds. The normalized spacial score (nSPS) is 10.8. The SMILES string of the molecule is O=C(CCc1ccc(-c2ccccc2F)o1)NCc1ccccc1Cn1ccnc1. The summed E-state index contributed by atoms with van der Waals surface area (Å²) < 4.78 is 21.6. The maximum atomic E-state index is 13.9.